The first-order valence-electron chi connectivity index (χ1n) is 10.4. The van der Waals surface area contributed by atoms with Gasteiger partial charge in [-0.1, -0.05) is 12.1 Å². The number of rotatable bonds is 6. The van der Waals surface area contributed by atoms with E-state index in [0.29, 0.717) is 42.1 Å². The summed E-state index contributed by atoms with van der Waals surface area (Å²) in [5.74, 6) is -2.69. The third-order valence-corrected chi connectivity index (χ3v) is 5.82. The first-order valence-corrected chi connectivity index (χ1v) is 10.4. The highest BCUT2D eigenvalue weighted by Crippen LogP contribution is 2.43. The van der Waals surface area contributed by atoms with Crippen LogP contribution in [0.2, 0.25) is 0 Å². The molecule has 1 fully saturated rings. The number of hydrogen-bond donors (Lipinski definition) is 0. The van der Waals surface area contributed by atoms with E-state index in [0.717, 1.165) is 12.8 Å². The lowest BCUT2D eigenvalue weighted by Crippen LogP contribution is -2.25. The van der Waals surface area contributed by atoms with Crippen LogP contribution in [0, 0.1) is 23.4 Å². The van der Waals surface area contributed by atoms with Gasteiger partial charge in [0.2, 0.25) is 11.6 Å². The van der Waals surface area contributed by atoms with Crippen molar-refractivity contribution in [2.45, 2.75) is 45.1 Å². The van der Waals surface area contributed by atoms with Gasteiger partial charge in [-0.3, -0.25) is 0 Å². The smallest absolute Gasteiger partial charge is 0.207 e. The fraction of sp³-hybridized carbons (Fsp3) is 0.417. The largest absolute Gasteiger partial charge is 0.491 e. The zero-order valence-electron chi connectivity index (χ0n) is 17.0. The van der Waals surface area contributed by atoms with Crippen LogP contribution in [-0.4, -0.2) is 19.3 Å². The van der Waals surface area contributed by atoms with Gasteiger partial charge in [0.15, 0.2) is 23.1 Å². The van der Waals surface area contributed by atoms with Gasteiger partial charge in [-0.25, -0.2) is 4.39 Å². The monoisotopic (exact) mass is 418 g/mol. The van der Waals surface area contributed by atoms with Crippen LogP contribution < -0.4 is 9.47 Å². The second-order valence-corrected chi connectivity index (χ2v) is 7.80. The van der Waals surface area contributed by atoms with E-state index in [2.05, 4.69) is 6.58 Å². The van der Waals surface area contributed by atoms with Crippen LogP contribution in [0.3, 0.4) is 0 Å². The maximum atomic E-state index is 14.8. The molecule has 0 radical (unpaired) electrons. The van der Waals surface area contributed by atoms with E-state index in [9.17, 15) is 13.2 Å². The summed E-state index contributed by atoms with van der Waals surface area (Å²) in [7, 11) is 0. The average Bonchev–Trinajstić information content (AvgIpc) is 2.77. The fourth-order valence-corrected chi connectivity index (χ4v) is 4.10. The SMILES string of the molecule is C=CC1CCC(CCc2cc3c(c(F)c2F)Oc2c(ccc(OCC)c2F)C3)OC1. The lowest BCUT2D eigenvalue weighted by atomic mass is 9.93. The number of halogens is 3. The van der Waals surface area contributed by atoms with Gasteiger partial charge in [0, 0.05) is 23.5 Å². The summed E-state index contributed by atoms with van der Waals surface area (Å²) in [6, 6.07) is 4.85. The predicted octanol–water partition coefficient (Wildman–Crippen LogP) is 6.11. The van der Waals surface area contributed by atoms with E-state index in [1.807, 2.05) is 6.08 Å². The van der Waals surface area contributed by atoms with Gasteiger partial charge >= 0.3 is 0 Å². The number of ether oxygens (including phenoxy) is 3. The Labute approximate surface area is 174 Å². The second kappa shape index (κ2) is 8.72. The highest BCUT2D eigenvalue weighted by Gasteiger charge is 2.29. The van der Waals surface area contributed by atoms with Crippen molar-refractivity contribution in [3.05, 3.63) is 65.0 Å². The van der Waals surface area contributed by atoms with Crippen LogP contribution in [0.4, 0.5) is 13.2 Å². The van der Waals surface area contributed by atoms with Crippen molar-refractivity contribution in [2.24, 2.45) is 5.92 Å². The summed E-state index contributed by atoms with van der Waals surface area (Å²) in [5.41, 5.74) is 1.38. The van der Waals surface area contributed by atoms with Gasteiger partial charge in [-0.05, 0) is 50.3 Å². The Morgan fingerprint density at radius 2 is 1.90 bits per heavy atom. The van der Waals surface area contributed by atoms with E-state index in [1.165, 1.54) is 6.07 Å². The highest BCUT2D eigenvalue weighted by molar-refractivity contribution is 5.54. The Hall–Kier alpha value is -2.47. The maximum Gasteiger partial charge on any atom is 0.207 e. The van der Waals surface area contributed by atoms with E-state index in [1.54, 1.807) is 19.1 Å². The van der Waals surface area contributed by atoms with Gasteiger partial charge in [0.25, 0.3) is 0 Å². The molecule has 0 spiro atoms. The van der Waals surface area contributed by atoms with Gasteiger partial charge in [0.1, 0.15) is 0 Å². The standard InChI is InChI=1S/C24H25F3O3/c1-3-14-5-8-18(29-13-14)9-6-15-11-17-12-16-7-10-19(28-4-2)21(26)23(16)30-24(17)22(27)20(15)25/h3,7,10-11,14,18H,1,4-6,8-9,12-13H2,2H3. The number of benzene rings is 2. The molecule has 30 heavy (non-hydrogen) atoms. The summed E-state index contributed by atoms with van der Waals surface area (Å²) in [4.78, 5) is 0. The van der Waals surface area contributed by atoms with Crippen LogP contribution in [0.25, 0.3) is 0 Å². The van der Waals surface area contributed by atoms with Crippen molar-refractivity contribution < 1.29 is 27.4 Å². The molecule has 0 amide bonds. The molecule has 0 aromatic heterocycles. The Kier molecular flexibility index (Phi) is 6.04. The minimum absolute atomic E-state index is 0.0303. The average molecular weight is 418 g/mol. The Morgan fingerprint density at radius 1 is 1.10 bits per heavy atom. The number of hydrogen-bond acceptors (Lipinski definition) is 3. The minimum atomic E-state index is -1.08. The second-order valence-electron chi connectivity index (χ2n) is 7.80. The lowest BCUT2D eigenvalue weighted by molar-refractivity contribution is -0.00790. The normalized spacial score (nSPS) is 20.1. The van der Waals surface area contributed by atoms with Crippen molar-refractivity contribution in [1.82, 2.24) is 0 Å². The van der Waals surface area contributed by atoms with E-state index in [-0.39, 0.29) is 36.4 Å². The molecule has 4 rings (SSSR count). The van der Waals surface area contributed by atoms with Gasteiger partial charge in [0.05, 0.1) is 19.3 Å². The lowest BCUT2D eigenvalue weighted by Gasteiger charge is -2.27. The summed E-state index contributed by atoms with van der Waals surface area (Å²) >= 11 is 0. The van der Waals surface area contributed by atoms with Crippen LogP contribution in [0.5, 0.6) is 17.2 Å². The number of fused-ring (bicyclic) bond motifs is 2. The summed E-state index contributed by atoms with van der Waals surface area (Å²) in [5, 5.41) is 0. The van der Waals surface area contributed by atoms with E-state index in [4.69, 9.17) is 14.2 Å². The van der Waals surface area contributed by atoms with Crippen LogP contribution >= 0.6 is 0 Å². The molecule has 6 heteroatoms. The molecular formula is C24H25F3O3. The molecule has 1 saturated heterocycles. The first kappa shape index (κ1) is 20.8. The number of aryl methyl sites for hydroxylation is 1. The van der Waals surface area contributed by atoms with E-state index >= 15 is 0 Å². The van der Waals surface area contributed by atoms with Gasteiger partial charge in [-0.15, -0.1) is 6.58 Å². The molecule has 3 nitrogen and oxygen atoms in total. The molecule has 2 unspecified atom stereocenters. The van der Waals surface area contributed by atoms with Crippen LogP contribution in [0.15, 0.2) is 30.9 Å². The van der Waals surface area contributed by atoms with Crippen molar-refractivity contribution in [1.29, 1.82) is 0 Å². The molecular weight excluding hydrogens is 393 g/mol. The molecule has 2 aliphatic heterocycles. The molecule has 2 aliphatic rings. The summed E-state index contributed by atoms with van der Waals surface area (Å²) in [6.45, 7) is 6.43. The molecule has 2 atom stereocenters. The third-order valence-electron chi connectivity index (χ3n) is 5.82. The third kappa shape index (κ3) is 3.93. The molecule has 0 aliphatic carbocycles. The molecule has 0 saturated carbocycles. The Balaban J connectivity index is 1.53. The zero-order chi connectivity index (χ0) is 21.3. The minimum Gasteiger partial charge on any atom is -0.491 e. The summed E-state index contributed by atoms with van der Waals surface area (Å²) in [6.07, 6.45) is 5.04. The molecule has 2 heterocycles. The van der Waals surface area contributed by atoms with Crippen molar-refractivity contribution >= 4 is 0 Å². The fourth-order valence-electron chi connectivity index (χ4n) is 4.10. The van der Waals surface area contributed by atoms with Crippen molar-refractivity contribution in [3.63, 3.8) is 0 Å². The topological polar surface area (TPSA) is 27.7 Å². The van der Waals surface area contributed by atoms with Crippen molar-refractivity contribution in [2.75, 3.05) is 13.2 Å². The maximum absolute atomic E-state index is 14.8. The molecule has 2 aromatic rings. The molecule has 0 bridgehead atoms. The van der Waals surface area contributed by atoms with Crippen LogP contribution in [-0.2, 0) is 17.6 Å². The molecule has 2 aromatic carbocycles. The van der Waals surface area contributed by atoms with E-state index < -0.39 is 17.5 Å². The van der Waals surface area contributed by atoms with Crippen molar-refractivity contribution in [3.8, 4) is 17.2 Å². The van der Waals surface area contributed by atoms with Crippen LogP contribution in [0.1, 0.15) is 42.9 Å². The predicted molar refractivity (Wildman–Crippen MR) is 108 cm³/mol. The van der Waals surface area contributed by atoms with Gasteiger partial charge < -0.3 is 14.2 Å². The zero-order valence-corrected chi connectivity index (χ0v) is 17.0. The highest BCUT2D eigenvalue weighted by atomic mass is 19.2. The van der Waals surface area contributed by atoms with Gasteiger partial charge in [-0.2, -0.15) is 8.78 Å². The Morgan fingerprint density at radius 3 is 2.60 bits per heavy atom. The summed E-state index contributed by atoms with van der Waals surface area (Å²) < 4.78 is 60.6. The Bertz CT molecular complexity index is 949. The quantitative estimate of drug-likeness (QED) is 0.452. The molecule has 0 N–H and O–H groups in total. The first-order chi connectivity index (χ1) is 14.5. The molecule has 160 valence electrons.